The van der Waals surface area contributed by atoms with Gasteiger partial charge < -0.3 is 14.2 Å². The van der Waals surface area contributed by atoms with Gasteiger partial charge in [-0.25, -0.2) is 13.2 Å². The third-order valence-electron chi connectivity index (χ3n) is 1.72. The Hall–Kier alpha value is -1.08. The summed E-state index contributed by atoms with van der Waals surface area (Å²) in [6.45, 7) is 3.49. The Labute approximate surface area is 87.7 Å². The maximum Gasteiger partial charge on any atom is 0.508 e. The average Bonchev–Trinajstić information content (AvgIpc) is 2.59. The van der Waals surface area contributed by atoms with E-state index in [1.54, 1.807) is 0 Å². The Morgan fingerprint density at radius 2 is 2.33 bits per heavy atom. The average molecular weight is 236 g/mol. The van der Waals surface area contributed by atoms with Crippen molar-refractivity contribution in [2.45, 2.75) is 6.10 Å². The first-order chi connectivity index (χ1) is 7.03. The number of sulfone groups is 1. The van der Waals surface area contributed by atoms with Crippen LogP contribution in [0.15, 0.2) is 12.0 Å². The van der Waals surface area contributed by atoms with Crippen LogP contribution in [0.5, 0.6) is 0 Å². The lowest BCUT2D eigenvalue weighted by Gasteiger charge is -2.06. The van der Waals surface area contributed by atoms with Gasteiger partial charge >= 0.3 is 6.16 Å². The van der Waals surface area contributed by atoms with Gasteiger partial charge in [0.05, 0.1) is 19.0 Å². The van der Waals surface area contributed by atoms with Gasteiger partial charge in [-0.15, -0.1) is 0 Å². The van der Waals surface area contributed by atoms with Crippen LogP contribution in [0.25, 0.3) is 0 Å². The monoisotopic (exact) mass is 236 g/mol. The molecule has 0 bridgehead atoms. The first kappa shape index (κ1) is 12.0. The predicted molar refractivity (Wildman–Crippen MR) is 51.0 cm³/mol. The van der Waals surface area contributed by atoms with Gasteiger partial charge in [-0.3, -0.25) is 0 Å². The normalized spacial score (nSPS) is 20.8. The highest BCUT2D eigenvalue weighted by Crippen LogP contribution is 2.06. The van der Waals surface area contributed by atoms with Gasteiger partial charge in [-0.05, 0) is 0 Å². The van der Waals surface area contributed by atoms with Crippen molar-refractivity contribution in [2.24, 2.45) is 0 Å². The van der Waals surface area contributed by atoms with Crippen LogP contribution in [0, 0.1) is 0 Å². The van der Waals surface area contributed by atoms with E-state index >= 15 is 0 Å². The van der Waals surface area contributed by atoms with Crippen molar-refractivity contribution in [2.75, 3.05) is 25.6 Å². The summed E-state index contributed by atoms with van der Waals surface area (Å²) in [5.74, 6) is -0.127. The third-order valence-corrected chi connectivity index (χ3v) is 2.96. The zero-order chi connectivity index (χ0) is 11.3. The van der Waals surface area contributed by atoms with Gasteiger partial charge in [0, 0.05) is 5.41 Å². The minimum atomic E-state index is -3.23. The Kier molecular flexibility index (Phi) is 4.10. The Morgan fingerprint density at radius 1 is 1.60 bits per heavy atom. The lowest BCUT2D eigenvalue weighted by Crippen LogP contribution is -2.20. The van der Waals surface area contributed by atoms with Crippen molar-refractivity contribution >= 4 is 16.0 Å². The van der Waals surface area contributed by atoms with Crippen LogP contribution < -0.4 is 0 Å². The van der Waals surface area contributed by atoms with Crippen LogP contribution in [0.4, 0.5) is 4.79 Å². The van der Waals surface area contributed by atoms with Crippen molar-refractivity contribution in [1.29, 1.82) is 0 Å². The zero-order valence-electron chi connectivity index (χ0n) is 8.05. The highest BCUT2D eigenvalue weighted by Gasteiger charge is 2.24. The highest BCUT2D eigenvalue weighted by atomic mass is 32.2. The molecule has 86 valence electrons. The van der Waals surface area contributed by atoms with Crippen LogP contribution in [-0.4, -0.2) is 46.3 Å². The predicted octanol–water partition coefficient (Wildman–Crippen LogP) is 0.0967. The van der Waals surface area contributed by atoms with Crippen molar-refractivity contribution in [3.05, 3.63) is 12.0 Å². The Bertz CT molecular complexity index is 333. The molecule has 0 saturated carbocycles. The van der Waals surface area contributed by atoms with Crippen molar-refractivity contribution in [3.63, 3.8) is 0 Å². The molecule has 1 aliphatic heterocycles. The van der Waals surface area contributed by atoms with E-state index in [9.17, 15) is 13.2 Å². The fraction of sp³-hybridized carbons (Fsp3) is 0.625. The summed E-state index contributed by atoms with van der Waals surface area (Å²) in [4.78, 5) is 10.5. The molecular weight excluding hydrogens is 224 g/mol. The summed E-state index contributed by atoms with van der Waals surface area (Å²) in [5, 5.41) is 0.884. The van der Waals surface area contributed by atoms with Crippen LogP contribution in [0.1, 0.15) is 0 Å². The summed E-state index contributed by atoms with van der Waals surface area (Å²) in [6, 6.07) is 0. The fourth-order valence-corrected chi connectivity index (χ4v) is 1.44. The van der Waals surface area contributed by atoms with Gasteiger partial charge in [-0.2, -0.15) is 0 Å². The second-order valence-corrected chi connectivity index (χ2v) is 4.98. The van der Waals surface area contributed by atoms with Gasteiger partial charge in [0.25, 0.3) is 0 Å². The number of cyclic esters (lactones) is 2. The molecule has 0 amide bonds. The molecule has 1 unspecified atom stereocenters. The molecule has 1 fully saturated rings. The summed E-state index contributed by atoms with van der Waals surface area (Å²) >= 11 is 0. The molecule has 0 spiro atoms. The standard InChI is InChI=1S/C8H12O6S/c1-2-15(10,11)4-3-12-5-7-6-13-8(9)14-7/h2,7H,1,3-6H2. The number of carbonyl (C=O) groups is 1. The van der Waals surface area contributed by atoms with Gasteiger partial charge in [0.1, 0.15) is 6.61 Å². The first-order valence-corrected chi connectivity index (χ1v) is 6.01. The second kappa shape index (κ2) is 5.13. The van der Waals surface area contributed by atoms with Crippen molar-refractivity contribution in [1.82, 2.24) is 0 Å². The van der Waals surface area contributed by atoms with Gasteiger partial charge in [0.15, 0.2) is 15.9 Å². The number of hydrogen-bond donors (Lipinski definition) is 0. The van der Waals surface area contributed by atoms with E-state index in [1.165, 1.54) is 0 Å². The van der Waals surface area contributed by atoms with E-state index in [4.69, 9.17) is 4.74 Å². The Balaban J connectivity index is 2.12. The smallest absolute Gasteiger partial charge is 0.430 e. The highest BCUT2D eigenvalue weighted by molar-refractivity contribution is 7.94. The lowest BCUT2D eigenvalue weighted by atomic mass is 10.4. The van der Waals surface area contributed by atoms with Gasteiger partial charge in [-0.1, -0.05) is 6.58 Å². The third kappa shape index (κ3) is 4.30. The number of ether oxygens (including phenoxy) is 3. The SMILES string of the molecule is C=CS(=O)(=O)CCOCC1COC(=O)O1. The quantitative estimate of drug-likeness (QED) is 0.480. The molecule has 15 heavy (non-hydrogen) atoms. The molecule has 1 aliphatic rings. The largest absolute Gasteiger partial charge is 0.508 e. The van der Waals surface area contributed by atoms with Crippen LogP contribution in [-0.2, 0) is 24.0 Å². The van der Waals surface area contributed by atoms with E-state index in [2.05, 4.69) is 16.1 Å². The lowest BCUT2D eigenvalue weighted by molar-refractivity contribution is 0.0523. The zero-order valence-corrected chi connectivity index (χ0v) is 8.86. The number of hydrogen-bond acceptors (Lipinski definition) is 6. The van der Waals surface area contributed by atoms with E-state index in [0.29, 0.717) is 0 Å². The number of rotatable bonds is 6. The summed E-state index contributed by atoms with van der Waals surface area (Å²) < 4.78 is 36.1. The molecule has 0 aromatic rings. The summed E-state index contributed by atoms with van der Waals surface area (Å²) in [6.07, 6.45) is -1.16. The molecule has 1 rings (SSSR count). The van der Waals surface area contributed by atoms with Crippen molar-refractivity contribution in [3.8, 4) is 0 Å². The second-order valence-electron chi connectivity index (χ2n) is 2.91. The summed E-state index contributed by atoms with van der Waals surface area (Å²) in [5.41, 5.74) is 0. The fourth-order valence-electron chi connectivity index (χ4n) is 0.920. The van der Waals surface area contributed by atoms with Crippen LogP contribution >= 0.6 is 0 Å². The topological polar surface area (TPSA) is 78.9 Å². The summed E-state index contributed by atoms with van der Waals surface area (Å²) in [7, 11) is -3.23. The van der Waals surface area contributed by atoms with E-state index in [1.807, 2.05) is 0 Å². The molecule has 1 atom stereocenters. The van der Waals surface area contributed by atoms with E-state index in [0.717, 1.165) is 5.41 Å². The molecule has 0 N–H and O–H groups in total. The molecule has 6 nitrogen and oxygen atoms in total. The molecule has 1 saturated heterocycles. The molecule has 0 aliphatic carbocycles. The first-order valence-electron chi connectivity index (χ1n) is 4.30. The molecule has 0 aromatic carbocycles. The maximum absolute atomic E-state index is 10.9. The van der Waals surface area contributed by atoms with Crippen LogP contribution in [0.2, 0.25) is 0 Å². The number of carbonyl (C=O) groups excluding carboxylic acids is 1. The molecule has 0 radical (unpaired) electrons. The maximum atomic E-state index is 10.9. The van der Waals surface area contributed by atoms with Gasteiger partial charge in [0.2, 0.25) is 0 Å². The Morgan fingerprint density at radius 3 is 2.87 bits per heavy atom. The molecule has 7 heteroatoms. The minimum absolute atomic E-state index is 0.0441. The van der Waals surface area contributed by atoms with Crippen LogP contribution in [0.3, 0.4) is 0 Å². The minimum Gasteiger partial charge on any atom is -0.430 e. The molecule has 0 aromatic heterocycles. The molecular formula is C8H12O6S. The van der Waals surface area contributed by atoms with Crippen molar-refractivity contribution < 1.29 is 27.4 Å². The van der Waals surface area contributed by atoms with E-state index in [-0.39, 0.29) is 25.6 Å². The molecule has 1 heterocycles. The van der Waals surface area contributed by atoms with E-state index < -0.39 is 22.1 Å².